The molecule has 0 radical (unpaired) electrons. The monoisotopic (exact) mass is 413 g/mol. The predicted molar refractivity (Wildman–Crippen MR) is 89.0 cm³/mol. The highest BCUT2D eigenvalue weighted by Crippen LogP contribution is 2.26. The van der Waals surface area contributed by atoms with E-state index in [1.165, 1.54) is 0 Å². The van der Waals surface area contributed by atoms with Gasteiger partial charge in [0.25, 0.3) is 5.91 Å². The van der Waals surface area contributed by atoms with Crippen LogP contribution in [0.25, 0.3) is 0 Å². The lowest BCUT2D eigenvalue weighted by atomic mass is 10.3. The Hall–Kier alpha value is -1.53. The summed E-state index contributed by atoms with van der Waals surface area (Å²) in [6.45, 7) is -0.0607. The van der Waals surface area contributed by atoms with Crippen LogP contribution in [0.2, 0.25) is 0 Å². The van der Waals surface area contributed by atoms with Gasteiger partial charge in [-0.15, -0.1) is 0 Å². The van der Waals surface area contributed by atoms with Crippen molar-refractivity contribution in [1.82, 2.24) is 0 Å². The maximum absolute atomic E-state index is 11.9. The molecule has 0 saturated heterocycles. The van der Waals surface area contributed by atoms with Crippen LogP contribution in [-0.4, -0.2) is 19.6 Å². The third-order valence-corrected chi connectivity index (χ3v) is 3.78. The van der Waals surface area contributed by atoms with Crippen LogP contribution in [0.5, 0.6) is 11.5 Å². The quantitative estimate of drug-likeness (QED) is 0.795. The van der Waals surface area contributed by atoms with Gasteiger partial charge in [0.15, 0.2) is 6.61 Å². The average molecular weight is 415 g/mol. The zero-order valence-corrected chi connectivity index (χ0v) is 14.4. The molecule has 0 spiro atoms. The number of ether oxygens (including phenoxy) is 2. The van der Waals surface area contributed by atoms with Gasteiger partial charge in [0.2, 0.25) is 0 Å². The molecule has 1 N–H and O–H groups in total. The Morgan fingerprint density at radius 3 is 2.38 bits per heavy atom. The van der Waals surface area contributed by atoms with Crippen molar-refractivity contribution in [3.63, 3.8) is 0 Å². The molecule has 2 aromatic rings. The van der Waals surface area contributed by atoms with Gasteiger partial charge in [-0.05, 0) is 58.4 Å². The molecule has 2 rings (SSSR count). The molecule has 0 aliphatic rings. The first kappa shape index (κ1) is 15.9. The van der Waals surface area contributed by atoms with E-state index in [0.717, 1.165) is 14.7 Å². The zero-order chi connectivity index (χ0) is 15.2. The number of hydrogen-bond donors (Lipinski definition) is 1. The highest BCUT2D eigenvalue weighted by atomic mass is 79.9. The summed E-state index contributed by atoms with van der Waals surface area (Å²) in [5.74, 6) is 1.13. The molecule has 0 heterocycles. The molecule has 0 bridgehead atoms. The number of carbonyl (C=O) groups is 1. The van der Waals surface area contributed by atoms with Crippen LogP contribution < -0.4 is 14.8 Å². The average Bonchev–Trinajstić information content (AvgIpc) is 2.48. The second kappa shape index (κ2) is 7.47. The van der Waals surface area contributed by atoms with Crippen LogP contribution in [0.1, 0.15) is 0 Å². The summed E-state index contributed by atoms with van der Waals surface area (Å²) in [5.41, 5.74) is 0.696. The maximum atomic E-state index is 11.9. The Labute approximate surface area is 139 Å². The van der Waals surface area contributed by atoms with Gasteiger partial charge in [0, 0.05) is 8.95 Å². The molecule has 0 saturated carbocycles. The van der Waals surface area contributed by atoms with E-state index >= 15 is 0 Å². The fourth-order valence-electron chi connectivity index (χ4n) is 1.60. The smallest absolute Gasteiger partial charge is 0.262 e. The van der Waals surface area contributed by atoms with E-state index in [-0.39, 0.29) is 12.5 Å². The summed E-state index contributed by atoms with van der Waals surface area (Å²) in [5, 5.41) is 2.77. The number of hydrogen-bond acceptors (Lipinski definition) is 3. The summed E-state index contributed by atoms with van der Waals surface area (Å²) in [6, 6.07) is 12.6. The van der Waals surface area contributed by atoms with Gasteiger partial charge in [-0.1, -0.05) is 15.9 Å². The summed E-state index contributed by atoms with van der Waals surface area (Å²) >= 11 is 6.75. The Bertz CT molecular complexity index is 629. The molecule has 110 valence electrons. The predicted octanol–water partition coefficient (Wildman–Crippen LogP) is 4.24. The van der Waals surface area contributed by atoms with Crippen LogP contribution in [-0.2, 0) is 4.79 Å². The lowest BCUT2D eigenvalue weighted by Gasteiger charge is -2.09. The number of halogens is 2. The third-order valence-electron chi connectivity index (χ3n) is 2.63. The highest BCUT2D eigenvalue weighted by molar-refractivity contribution is 9.11. The van der Waals surface area contributed by atoms with Crippen molar-refractivity contribution in [2.24, 2.45) is 0 Å². The number of methoxy groups -OCH3 is 1. The van der Waals surface area contributed by atoms with E-state index < -0.39 is 0 Å². The summed E-state index contributed by atoms with van der Waals surface area (Å²) in [4.78, 5) is 11.9. The van der Waals surface area contributed by atoms with Crippen molar-refractivity contribution in [1.29, 1.82) is 0 Å². The van der Waals surface area contributed by atoms with E-state index in [0.29, 0.717) is 11.4 Å². The number of nitrogens with one attached hydrogen (secondary N) is 1. The standard InChI is InChI=1S/C15H13Br2NO3/c1-20-11-3-5-12(6-4-11)21-9-15(19)18-14-7-2-10(16)8-13(14)17/h2-8H,9H2,1H3,(H,18,19). The minimum absolute atomic E-state index is 0.0607. The molecule has 1 amide bonds. The number of amides is 1. The Balaban J connectivity index is 1.89. The minimum atomic E-state index is -0.228. The summed E-state index contributed by atoms with van der Waals surface area (Å²) < 4.78 is 12.2. The van der Waals surface area contributed by atoms with Crippen LogP contribution in [0.4, 0.5) is 5.69 Å². The summed E-state index contributed by atoms with van der Waals surface area (Å²) in [7, 11) is 1.60. The molecule has 0 aliphatic heterocycles. The number of anilines is 1. The van der Waals surface area contributed by atoms with Crippen LogP contribution >= 0.6 is 31.9 Å². The fourth-order valence-corrected chi connectivity index (χ4v) is 2.74. The van der Waals surface area contributed by atoms with Gasteiger partial charge in [0.05, 0.1) is 12.8 Å². The third kappa shape index (κ3) is 4.75. The Kier molecular flexibility index (Phi) is 5.64. The Morgan fingerprint density at radius 1 is 1.10 bits per heavy atom. The van der Waals surface area contributed by atoms with Gasteiger partial charge < -0.3 is 14.8 Å². The van der Waals surface area contributed by atoms with E-state index in [9.17, 15) is 4.79 Å². The van der Waals surface area contributed by atoms with Crippen LogP contribution in [0, 0.1) is 0 Å². The second-order valence-electron chi connectivity index (χ2n) is 4.14. The highest BCUT2D eigenvalue weighted by Gasteiger charge is 2.07. The topological polar surface area (TPSA) is 47.6 Å². The van der Waals surface area contributed by atoms with Crippen LogP contribution in [0.3, 0.4) is 0 Å². The van der Waals surface area contributed by atoms with Crippen molar-refractivity contribution in [2.45, 2.75) is 0 Å². The second-order valence-corrected chi connectivity index (χ2v) is 5.91. The molecule has 0 unspecified atom stereocenters. The molecule has 2 aromatic carbocycles. The first-order valence-corrected chi connectivity index (χ1v) is 7.69. The molecule has 4 nitrogen and oxygen atoms in total. The summed E-state index contributed by atoms with van der Waals surface area (Å²) in [6.07, 6.45) is 0. The molecule has 0 aliphatic carbocycles. The lowest BCUT2D eigenvalue weighted by Crippen LogP contribution is -2.20. The number of benzene rings is 2. The van der Waals surface area contributed by atoms with Crippen molar-refractivity contribution >= 4 is 43.5 Å². The zero-order valence-electron chi connectivity index (χ0n) is 11.2. The van der Waals surface area contributed by atoms with E-state index in [2.05, 4.69) is 37.2 Å². The van der Waals surface area contributed by atoms with Gasteiger partial charge >= 0.3 is 0 Å². The molecular weight excluding hydrogens is 402 g/mol. The van der Waals surface area contributed by atoms with E-state index in [1.807, 2.05) is 12.1 Å². The Morgan fingerprint density at radius 2 is 1.76 bits per heavy atom. The fraction of sp³-hybridized carbons (Fsp3) is 0.133. The first-order chi connectivity index (χ1) is 10.1. The van der Waals surface area contributed by atoms with Gasteiger partial charge in [-0.2, -0.15) is 0 Å². The van der Waals surface area contributed by atoms with Crippen LogP contribution in [0.15, 0.2) is 51.4 Å². The largest absolute Gasteiger partial charge is 0.497 e. The van der Waals surface area contributed by atoms with Gasteiger partial charge in [0.1, 0.15) is 11.5 Å². The molecule has 0 aromatic heterocycles. The molecule has 6 heteroatoms. The molecule has 21 heavy (non-hydrogen) atoms. The van der Waals surface area contributed by atoms with Crippen molar-refractivity contribution in [2.75, 3.05) is 19.0 Å². The number of carbonyl (C=O) groups excluding carboxylic acids is 1. The van der Waals surface area contributed by atoms with E-state index in [1.54, 1.807) is 37.4 Å². The van der Waals surface area contributed by atoms with Gasteiger partial charge in [-0.25, -0.2) is 0 Å². The van der Waals surface area contributed by atoms with Crippen molar-refractivity contribution < 1.29 is 14.3 Å². The minimum Gasteiger partial charge on any atom is -0.497 e. The normalized spacial score (nSPS) is 10.0. The van der Waals surface area contributed by atoms with E-state index in [4.69, 9.17) is 9.47 Å². The van der Waals surface area contributed by atoms with Crippen molar-refractivity contribution in [3.05, 3.63) is 51.4 Å². The first-order valence-electron chi connectivity index (χ1n) is 6.10. The molecule has 0 fully saturated rings. The number of rotatable bonds is 5. The molecule has 0 atom stereocenters. The lowest BCUT2D eigenvalue weighted by molar-refractivity contribution is -0.118. The SMILES string of the molecule is COc1ccc(OCC(=O)Nc2ccc(Br)cc2Br)cc1. The maximum Gasteiger partial charge on any atom is 0.262 e. The molecular formula is C15H13Br2NO3. The van der Waals surface area contributed by atoms with Crippen molar-refractivity contribution in [3.8, 4) is 11.5 Å². The van der Waals surface area contributed by atoms with Gasteiger partial charge in [-0.3, -0.25) is 4.79 Å².